The van der Waals surface area contributed by atoms with Gasteiger partial charge in [-0.15, -0.1) is 0 Å². The summed E-state index contributed by atoms with van der Waals surface area (Å²) in [5, 5.41) is 19.3. The predicted octanol–water partition coefficient (Wildman–Crippen LogP) is 2.13. The van der Waals surface area contributed by atoms with Gasteiger partial charge in [0.05, 0.1) is 11.3 Å². The van der Waals surface area contributed by atoms with Gasteiger partial charge in [-0.05, 0) is 24.6 Å². The summed E-state index contributed by atoms with van der Waals surface area (Å²) in [6, 6.07) is 2.19. The van der Waals surface area contributed by atoms with Gasteiger partial charge in [0.1, 0.15) is 0 Å². The average molecular weight is 261 g/mol. The second-order valence-electron chi connectivity index (χ2n) is 3.47. The number of nitro benzene ring substituents is 1. The quantitative estimate of drug-likeness (QED) is 0.647. The number of ether oxygens (including phenoxy) is 1. The smallest absolute Gasteiger partial charge is 0.387 e. The predicted molar refractivity (Wildman–Crippen MR) is 55.8 cm³/mol. The Bertz CT molecular complexity index is 489. The van der Waals surface area contributed by atoms with Crippen molar-refractivity contribution in [3.05, 3.63) is 33.4 Å². The molecule has 1 N–H and O–H groups in total. The first-order valence-corrected chi connectivity index (χ1v) is 4.75. The normalized spacial score (nSPS) is 10.4. The van der Waals surface area contributed by atoms with Crippen LogP contribution in [0.3, 0.4) is 0 Å². The molecule has 8 heteroatoms. The zero-order valence-corrected chi connectivity index (χ0v) is 9.22. The van der Waals surface area contributed by atoms with Gasteiger partial charge in [-0.1, -0.05) is 0 Å². The van der Waals surface area contributed by atoms with Crippen molar-refractivity contribution >= 4 is 11.7 Å². The Hall–Kier alpha value is -2.25. The summed E-state index contributed by atoms with van der Waals surface area (Å²) < 4.78 is 28.3. The first kappa shape index (κ1) is 13.8. The van der Waals surface area contributed by atoms with Crippen LogP contribution in [-0.2, 0) is 11.2 Å². The Morgan fingerprint density at radius 3 is 2.61 bits per heavy atom. The Kier molecular flexibility index (Phi) is 4.13. The van der Waals surface area contributed by atoms with E-state index in [2.05, 4.69) is 4.74 Å². The largest absolute Gasteiger partial charge is 0.481 e. The molecule has 1 aromatic carbocycles. The third kappa shape index (κ3) is 3.37. The van der Waals surface area contributed by atoms with E-state index in [0.717, 1.165) is 6.07 Å². The maximum absolute atomic E-state index is 12.1. The van der Waals surface area contributed by atoms with Crippen LogP contribution in [0.2, 0.25) is 0 Å². The highest BCUT2D eigenvalue weighted by molar-refractivity contribution is 5.71. The lowest BCUT2D eigenvalue weighted by molar-refractivity contribution is -0.387. The van der Waals surface area contributed by atoms with E-state index in [1.54, 1.807) is 0 Å². The summed E-state index contributed by atoms with van der Waals surface area (Å²) in [4.78, 5) is 20.4. The molecule has 0 aliphatic carbocycles. The summed E-state index contributed by atoms with van der Waals surface area (Å²) in [5.74, 6) is -1.81. The first-order chi connectivity index (χ1) is 8.31. The molecule has 18 heavy (non-hydrogen) atoms. The molecular weight excluding hydrogens is 252 g/mol. The van der Waals surface area contributed by atoms with Crippen LogP contribution in [0, 0.1) is 17.0 Å². The number of hydrogen-bond acceptors (Lipinski definition) is 4. The number of aliphatic carboxylic acids is 1. The molecule has 0 saturated carbocycles. The number of carboxylic acid groups (broad SMARTS) is 1. The number of alkyl halides is 2. The summed E-state index contributed by atoms with van der Waals surface area (Å²) in [6.45, 7) is -1.90. The summed E-state index contributed by atoms with van der Waals surface area (Å²) in [7, 11) is 0. The van der Waals surface area contributed by atoms with E-state index >= 15 is 0 Å². The number of carbonyl (C=O) groups is 1. The summed E-state index contributed by atoms with van der Waals surface area (Å²) in [5.41, 5.74) is -0.375. The molecule has 0 aromatic heterocycles. The zero-order chi connectivity index (χ0) is 13.9. The standard InChI is InChI=1S/C10H9F2NO5/c1-5-2-6(4-8(14)15)3-7(18-10(11)12)9(5)13(16)17/h2-3,10H,4H2,1H3,(H,14,15). The fourth-order valence-corrected chi connectivity index (χ4v) is 1.52. The Labute approximate surface area is 99.9 Å². The van der Waals surface area contributed by atoms with Gasteiger partial charge in [0.25, 0.3) is 0 Å². The monoisotopic (exact) mass is 261 g/mol. The van der Waals surface area contributed by atoms with E-state index in [9.17, 15) is 23.7 Å². The second kappa shape index (κ2) is 5.39. The highest BCUT2D eigenvalue weighted by Crippen LogP contribution is 2.33. The molecule has 0 fully saturated rings. The SMILES string of the molecule is Cc1cc(CC(=O)O)cc(OC(F)F)c1[N+](=O)[O-]. The maximum Gasteiger partial charge on any atom is 0.387 e. The fourth-order valence-electron chi connectivity index (χ4n) is 1.52. The molecule has 0 saturated heterocycles. The summed E-state index contributed by atoms with van der Waals surface area (Å²) >= 11 is 0. The van der Waals surface area contributed by atoms with Crippen LogP contribution < -0.4 is 4.74 Å². The van der Waals surface area contributed by atoms with E-state index in [1.807, 2.05) is 0 Å². The minimum atomic E-state index is -3.22. The van der Waals surface area contributed by atoms with Crippen LogP contribution in [0.1, 0.15) is 11.1 Å². The van der Waals surface area contributed by atoms with E-state index in [0.29, 0.717) is 0 Å². The van der Waals surface area contributed by atoms with Crippen molar-refractivity contribution in [3.63, 3.8) is 0 Å². The highest BCUT2D eigenvalue weighted by atomic mass is 19.3. The topological polar surface area (TPSA) is 89.7 Å². The fraction of sp³-hybridized carbons (Fsp3) is 0.300. The second-order valence-corrected chi connectivity index (χ2v) is 3.47. The molecule has 0 aliphatic heterocycles. The van der Waals surface area contributed by atoms with Crippen LogP contribution in [0.5, 0.6) is 5.75 Å². The average Bonchev–Trinajstić information content (AvgIpc) is 2.12. The molecule has 0 bridgehead atoms. The van der Waals surface area contributed by atoms with Gasteiger partial charge in [0, 0.05) is 5.56 Å². The number of hydrogen-bond donors (Lipinski definition) is 1. The van der Waals surface area contributed by atoms with Crippen molar-refractivity contribution in [2.24, 2.45) is 0 Å². The van der Waals surface area contributed by atoms with Crippen LogP contribution in [0.25, 0.3) is 0 Å². The zero-order valence-electron chi connectivity index (χ0n) is 9.22. The lowest BCUT2D eigenvalue weighted by Gasteiger charge is -2.09. The molecule has 0 aliphatic rings. The van der Waals surface area contributed by atoms with Gasteiger partial charge in [-0.2, -0.15) is 8.78 Å². The van der Waals surface area contributed by atoms with E-state index in [1.165, 1.54) is 13.0 Å². The first-order valence-electron chi connectivity index (χ1n) is 4.75. The molecule has 6 nitrogen and oxygen atoms in total. The molecule has 1 rings (SSSR count). The molecule has 0 atom stereocenters. The Balaban J connectivity index is 3.27. The number of benzene rings is 1. The third-order valence-corrected chi connectivity index (χ3v) is 2.08. The van der Waals surface area contributed by atoms with Crippen LogP contribution in [0.4, 0.5) is 14.5 Å². The van der Waals surface area contributed by atoms with Crippen molar-refractivity contribution < 1.29 is 28.3 Å². The number of rotatable bonds is 5. The molecule has 0 radical (unpaired) electrons. The van der Waals surface area contributed by atoms with Crippen molar-refractivity contribution in [2.45, 2.75) is 20.0 Å². The number of halogens is 2. The number of nitro groups is 1. The molecule has 98 valence electrons. The van der Waals surface area contributed by atoms with Crippen LogP contribution in [-0.4, -0.2) is 22.6 Å². The van der Waals surface area contributed by atoms with Gasteiger partial charge < -0.3 is 9.84 Å². The molecule has 0 heterocycles. The van der Waals surface area contributed by atoms with E-state index in [4.69, 9.17) is 5.11 Å². The van der Waals surface area contributed by atoms with Gasteiger partial charge in [0.15, 0.2) is 0 Å². The van der Waals surface area contributed by atoms with Gasteiger partial charge in [0.2, 0.25) is 5.75 Å². The minimum absolute atomic E-state index is 0.0643. The van der Waals surface area contributed by atoms with Crippen molar-refractivity contribution in [2.75, 3.05) is 0 Å². The Morgan fingerprint density at radius 2 is 2.17 bits per heavy atom. The van der Waals surface area contributed by atoms with Crippen molar-refractivity contribution in [3.8, 4) is 5.75 Å². The van der Waals surface area contributed by atoms with Crippen molar-refractivity contribution in [1.29, 1.82) is 0 Å². The van der Waals surface area contributed by atoms with Crippen molar-refractivity contribution in [1.82, 2.24) is 0 Å². The lowest BCUT2D eigenvalue weighted by atomic mass is 10.1. The number of carboxylic acids is 1. The van der Waals surface area contributed by atoms with Gasteiger partial charge in [-0.3, -0.25) is 14.9 Å². The lowest BCUT2D eigenvalue weighted by Crippen LogP contribution is -2.08. The maximum atomic E-state index is 12.1. The third-order valence-electron chi connectivity index (χ3n) is 2.08. The number of nitrogens with zero attached hydrogens (tertiary/aromatic N) is 1. The molecule has 0 spiro atoms. The van der Waals surface area contributed by atoms with Crippen LogP contribution >= 0.6 is 0 Å². The summed E-state index contributed by atoms with van der Waals surface area (Å²) in [6.07, 6.45) is -0.432. The van der Waals surface area contributed by atoms with E-state index in [-0.39, 0.29) is 11.1 Å². The molecule has 1 aromatic rings. The van der Waals surface area contributed by atoms with Gasteiger partial charge in [-0.25, -0.2) is 0 Å². The molecule has 0 amide bonds. The molecule has 0 unspecified atom stereocenters. The number of aryl methyl sites for hydroxylation is 1. The van der Waals surface area contributed by atoms with Crippen LogP contribution in [0.15, 0.2) is 12.1 Å². The Morgan fingerprint density at radius 1 is 1.56 bits per heavy atom. The van der Waals surface area contributed by atoms with Gasteiger partial charge >= 0.3 is 18.3 Å². The molecular formula is C10H9F2NO5. The minimum Gasteiger partial charge on any atom is -0.481 e. The van der Waals surface area contributed by atoms with E-state index < -0.39 is 35.4 Å². The highest BCUT2D eigenvalue weighted by Gasteiger charge is 2.23.